The molecular weight excluding hydrogens is 158 g/mol. The molecule has 2 unspecified atom stereocenters. The number of rotatable bonds is 4. The summed E-state index contributed by atoms with van der Waals surface area (Å²) in [6, 6.07) is 0.876. The van der Waals surface area contributed by atoms with E-state index >= 15 is 0 Å². The van der Waals surface area contributed by atoms with Gasteiger partial charge in [0.2, 0.25) is 0 Å². The molecule has 0 aromatic heterocycles. The third-order valence-corrected chi connectivity index (χ3v) is 3.70. The van der Waals surface area contributed by atoms with Gasteiger partial charge in [-0.25, -0.2) is 0 Å². The average Bonchev–Trinajstić information content (AvgIpc) is 2.98. The minimum atomic E-state index is 0.876. The van der Waals surface area contributed by atoms with E-state index in [2.05, 4.69) is 12.2 Å². The Hall–Kier alpha value is -0.0400. The molecule has 0 aromatic carbocycles. The number of hydrogen-bond acceptors (Lipinski definition) is 1. The Kier molecular flexibility index (Phi) is 3.26. The minimum absolute atomic E-state index is 0.876. The quantitative estimate of drug-likeness (QED) is 0.703. The van der Waals surface area contributed by atoms with Gasteiger partial charge in [-0.05, 0) is 50.5 Å². The number of hydrogen-bond donors (Lipinski definition) is 1. The zero-order valence-electron chi connectivity index (χ0n) is 8.89. The van der Waals surface area contributed by atoms with Gasteiger partial charge in [-0.3, -0.25) is 0 Å². The standard InChI is InChI=1S/C12H23N/c1-2-9-13-12-6-4-3-5-11(12)10-7-8-10/h10-13H,2-9H2,1H3. The van der Waals surface area contributed by atoms with Gasteiger partial charge in [0.1, 0.15) is 0 Å². The maximum Gasteiger partial charge on any atom is 0.00979 e. The SMILES string of the molecule is CCCNC1CCCCC1C1CC1. The van der Waals surface area contributed by atoms with E-state index in [0.717, 1.165) is 17.9 Å². The summed E-state index contributed by atoms with van der Waals surface area (Å²) >= 11 is 0. The first-order valence-electron chi connectivity index (χ1n) is 6.15. The fourth-order valence-corrected chi connectivity index (χ4v) is 2.83. The molecule has 1 nitrogen and oxygen atoms in total. The topological polar surface area (TPSA) is 12.0 Å². The lowest BCUT2D eigenvalue weighted by molar-refractivity contribution is 0.236. The van der Waals surface area contributed by atoms with E-state index in [1.807, 2.05) is 0 Å². The molecule has 0 spiro atoms. The van der Waals surface area contributed by atoms with Gasteiger partial charge in [-0.15, -0.1) is 0 Å². The molecule has 0 heterocycles. The van der Waals surface area contributed by atoms with Crippen molar-refractivity contribution in [2.45, 2.75) is 57.9 Å². The van der Waals surface area contributed by atoms with Crippen molar-refractivity contribution in [1.82, 2.24) is 5.32 Å². The van der Waals surface area contributed by atoms with Crippen molar-refractivity contribution in [1.29, 1.82) is 0 Å². The lowest BCUT2D eigenvalue weighted by Crippen LogP contribution is -2.39. The highest BCUT2D eigenvalue weighted by molar-refractivity contribution is 4.91. The molecule has 13 heavy (non-hydrogen) atoms. The monoisotopic (exact) mass is 181 g/mol. The van der Waals surface area contributed by atoms with Crippen LogP contribution in [0.4, 0.5) is 0 Å². The predicted molar refractivity (Wildman–Crippen MR) is 56.8 cm³/mol. The van der Waals surface area contributed by atoms with Crippen LogP contribution >= 0.6 is 0 Å². The molecule has 76 valence electrons. The average molecular weight is 181 g/mol. The third-order valence-electron chi connectivity index (χ3n) is 3.70. The molecule has 0 aromatic rings. The summed E-state index contributed by atoms with van der Waals surface area (Å²) in [7, 11) is 0. The maximum atomic E-state index is 3.74. The molecule has 1 N–H and O–H groups in total. The van der Waals surface area contributed by atoms with Crippen LogP contribution in [-0.2, 0) is 0 Å². The van der Waals surface area contributed by atoms with E-state index in [9.17, 15) is 0 Å². The second-order valence-corrected chi connectivity index (χ2v) is 4.85. The van der Waals surface area contributed by atoms with Crippen molar-refractivity contribution >= 4 is 0 Å². The van der Waals surface area contributed by atoms with Crippen LogP contribution in [0.2, 0.25) is 0 Å². The highest BCUT2D eigenvalue weighted by Gasteiger charge is 2.37. The first-order chi connectivity index (χ1) is 6.42. The summed E-state index contributed by atoms with van der Waals surface area (Å²) in [6.07, 6.45) is 10.2. The molecule has 0 saturated heterocycles. The van der Waals surface area contributed by atoms with Crippen LogP contribution in [-0.4, -0.2) is 12.6 Å². The molecule has 0 amide bonds. The largest absolute Gasteiger partial charge is 0.314 e. The van der Waals surface area contributed by atoms with Crippen LogP contribution in [0, 0.1) is 11.8 Å². The van der Waals surface area contributed by atoms with E-state index in [1.54, 1.807) is 0 Å². The lowest BCUT2D eigenvalue weighted by atomic mass is 9.81. The van der Waals surface area contributed by atoms with Crippen LogP contribution in [0.1, 0.15) is 51.9 Å². The van der Waals surface area contributed by atoms with E-state index < -0.39 is 0 Å². The molecule has 0 radical (unpaired) electrons. The summed E-state index contributed by atoms with van der Waals surface area (Å²) in [5, 5.41) is 3.74. The Morgan fingerprint density at radius 3 is 2.54 bits per heavy atom. The van der Waals surface area contributed by atoms with Crippen molar-refractivity contribution < 1.29 is 0 Å². The Bertz CT molecular complexity index is 151. The van der Waals surface area contributed by atoms with E-state index in [1.165, 1.54) is 51.5 Å². The van der Waals surface area contributed by atoms with Crippen molar-refractivity contribution in [3.05, 3.63) is 0 Å². The molecule has 2 fully saturated rings. The molecule has 2 rings (SSSR count). The fraction of sp³-hybridized carbons (Fsp3) is 1.00. The zero-order chi connectivity index (χ0) is 9.10. The molecule has 0 aliphatic heterocycles. The van der Waals surface area contributed by atoms with E-state index in [-0.39, 0.29) is 0 Å². The molecular formula is C12H23N. The van der Waals surface area contributed by atoms with Crippen LogP contribution < -0.4 is 5.32 Å². The normalized spacial score (nSPS) is 34.8. The van der Waals surface area contributed by atoms with Crippen LogP contribution in [0.25, 0.3) is 0 Å². The first kappa shape index (κ1) is 9.51. The molecule has 1 heteroatoms. The van der Waals surface area contributed by atoms with E-state index in [0.29, 0.717) is 0 Å². The molecule has 2 saturated carbocycles. The highest BCUT2D eigenvalue weighted by Crippen LogP contribution is 2.43. The van der Waals surface area contributed by atoms with Gasteiger partial charge < -0.3 is 5.32 Å². The van der Waals surface area contributed by atoms with Crippen molar-refractivity contribution in [2.75, 3.05) is 6.54 Å². The lowest BCUT2D eigenvalue weighted by Gasteiger charge is -2.32. The van der Waals surface area contributed by atoms with Crippen LogP contribution in [0.5, 0.6) is 0 Å². The van der Waals surface area contributed by atoms with Gasteiger partial charge in [0.15, 0.2) is 0 Å². The van der Waals surface area contributed by atoms with Crippen molar-refractivity contribution in [3.63, 3.8) is 0 Å². The van der Waals surface area contributed by atoms with Gasteiger partial charge in [-0.2, -0.15) is 0 Å². The smallest absolute Gasteiger partial charge is 0.00979 e. The fourth-order valence-electron chi connectivity index (χ4n) is 2.83. The first-order valence-corrected chi connectivity index (χ1v) is 6.15. The minimum Gasteiger partial charge on any atom is -0.314 e. The summed E-state index contributed by atoms with van der Waals surface area (Å²) in [6.45, 7) is 3.50. The second-order valence-electron chi connectivity index (χ2n) is 4.85. The van der Waals surface area contributed by atoms with Gasteiger partial charge in [0.05, 0.1) is 0 Å². The second kappa shape index (κ2) is 4.45. The molecule has 0 bridgehead atoms. The Morgan fingerprint density at radius 1 is 1.08 bits per heavy atom. The highest BCUT2D eigenvalue weighted by atomic mass is 14.9. The van der Waals surface area contributed by atoms with Crippen molar-refractivity contribution in [3.8, 4) is 0 Å². The molecule has 2 aliphatic rings. The van der Waals surface area contributed by atoms with E-state index in [4.69, 9.17) is 0 Å². The van der Waals surface area contributed by atoms with Gasteiger partial charge in [0.25, 0.3) is 0 Å². The summed E-state index contributed by atoms with van der Waals surface area (Å²) in [5.41, 5.74) is 0. The van der Waals surface area contributed by atoms with Crippen LogP contribution in [0.15, 0.2) is 0 Å². The summed E-state index contributed by atoms with van der Waals surface area (Å²) < 4.78 is 0. The Morgan fingerprint density at radius 2 is 1.85 bits per heavy atom. The van der Waals surface area contributed by atoms with Gasteiger partial charge in [-0.1, -0.05) is 19.8 Å². The Labute approximate surface area is 82.3 Å². The summed E-state index contributed by atoms with van der Waals surface area (Å²) in [5.74, 6) is 2.15. The van der Waals surface area contributed by atoms with Crippen LogP contribution in [0.3, 0.4) is 0 Å². The molecule has 2 aliphatic carbocycles. The predicted octanol–water partition coefficient (Wildman–Crippen LogP) is 2.95. The zero-order valence-corrected chi connectivity index (χ0v) is 8.89. The number of nitrogens with one attached hydrogen (secondary N) is 1. The maximum absolute atomic E-state index is 3.74. The third kappa shape index (κ3) is 2.46. The van der Waals surface area contributed by atoms with Gasteiger partial charge >= 0.3 is 0 Å². The Balaban J connectivity index is 1.81. The molecule has 2 atom stereocenters. The van der Waals surface area contributed by atoms with Gasteiger partial charge in [0, 0.05) is 6.04 Å². The van der Waals surface area contributed by atoms with Crippen molar-refractivity contribution in [2.24, 2.45) is 11.8 Å². The summed E-state index contributed by atoms with van der Waals surface area (Å²) in [4.78, 5) is 0.